The van der Waals surface area contributed by atoms with Gasteiger partial charge in [0.05, 0.1) is 51.7 Å². The van der Waals surface area contributed by atoms with Crippen molar-refractivity contribution in [2.24, 2.45) is 0 Å². The molecule has 4 aromatic rings. The highest BCUT2D eigenvalue weighted by molar-refractivity contribution is 6.36. The van der Waals surface area contributed by atoms with Crippen molar-refractivity contribution in [1.29, 1.82) is 0 Å². The number of halogens is 4. The molecule has 0 unspecified atom stereocenters. The number of amides is 1. The van der Waals surface area contributed by atoms with Crippen LogP contribution in [-0.4, -0.2) is 39.0 Å². The van der Waals surface area contributed by atoms with Crippen molar-refractivity contribution in [3.63, 3.8) is 0 Å². The molecule has 4 heterocycles. The Balaban J connectivity index is 1.68. The first kappa shape index (κ1) is 26.4. The van der Waals surface area contributed by atoms with Crippen LogP contribution in [0.2, 0.25) is 5.02 Å². The summed E-state index contributed by atoms with van der Waals surface area (Å²) in [7, 11) is 0. The van der Waals surface area contributed by atoms with Crippen LogP contribution in [-0.2, 0) is 11.0 Å². The smallest absolute Gasteiger partial charge is 0.418 e. The molecular formula is C26H23ClF3N7O2. The SMILES string of the molecule is CC(=O)Nc1cncc([C@@H](C)N2CCOc3c(Cl)c(-c4nc(N)cc(C)c4C(F)(F)F)cc4ncnc2c34)c1. The van der Waals surface area contributed by atoms with E-state index in [1.54, 1.807) is 12.4 Å². The predicted octanol–water partition coefficient (Wildman–Crippen LogP) is 5.57. The molecule has 0 radical (unpaired) electrons. The van der Waals surface area contributed by atoms with E-state index in [4.69, 9.17) is 22.1 Å². The molecule has 1 aliphatic rings. The predicted molar refractivity (Wildman–Crippen MR) is 142 cm³/mol. The highest BCUT2D eigenvalue weighted by Gasteiger charge is 2.38. The average molecular weight is 558 g/mol. The van der Waals surface area contributed by atoms with Gasteiger partial charge in [0.25, 0.3) is 0 Å². The average Bonchev–Trinajstić information content (AvgIpc) is 3.05. The Morgan fingerprint density at radius 1 is 1.23 bits per heavy atom. The summed E-state index contributed by atoms with van der Waals surface area (Å²) in [5, 5.41) is 3.12. The molecule has 1 aliphatic heterocycles. The van der Waals surface area contributed by atoms with Crippen LogP contribution in [0.15, 0.2) is 36.9 Å². The van der Waals surface area contributed by atoms with Gasteiger partial charge in [-0.1, -0.05) is 11.6 Å². The van der Waals surface area contributed by atoms with Gasteiger partial charge in [0.2, 0.25) is 5.91 Å². The van der Waals surface area contributed by atoms with Crippen molar-refractivity contribution < 1.29 is 22.7 Å². The summed E-state index contributed by atoms with van der Waals surface area (Å²) in [5.74, 6) is 0.359. The van der Waals surface area contributed by atoms with Crippen molar-refractivity contribution in [1.82, 2.24) is 19.9 Å². The largest absolute Gasteiger partial charge is 0.489 e. The molecule has 1 atom stereocenters. The van der Waals surface area contributed by atoms with Gasteiger partial charge < -0.3 is 20.7 Å². The van der Waals surface area contributed by atoms with Gasteiger partial charge >= 0.3 is 6.18 Å². The molecule has 3 aromatic heterocycles. The molecule has 0 spiro atoms. The molecule has 1 amide bonds. The Bertz CT molecular complexity index is 1610. The number of benzene rings is 1. The molecule has 3 N–H and O–H groups in total. The van der Waals surface area contributed by atoms with E-state index in [0.29, 0.717) is 29.0 Å². The molecule has 13 heteroatoms. The Morgan fingerprint density at radius 3 is 2.72 bits per heavy atom. The van der Waals surface area contributed by atoms with E-state index in [0.717, 1.165) is 5.56 Å². The normalized spacial score (nSPS) is 14.1. The molecule has 0 saturated heterocycles. The number of ether oxygens (including phenoxy) is 1. The van der Waals surface area contributed by atoms with Gasteiger partial charge in [-0.15, -0.1) is 0 Å². The van der Waals surface area contributed by atoms with E-state index in [-0.39, 0.29) is 46.3 Å². The van der Waals surface area contributed by atoms with E-state index in [2.05, 4.69) is 25.3 Å². The number of nitrogens with two attached hydrogens (primary N) is 1. The number of carbonyl (C=O) groups is 1. The molecular weight excluding hydrogens is 535 g/mol. The maximum Gasteiger partial charge on any atom is 0.418 e. The van der Waals surface area contributed by atoms with Crippen molar-refractivity contribution in [3.8, 4) is 17.0 Å². The fourth-order valence-corrected chi connectivity index (χ4v) is 5.09. The summed E-state index contributed by atoms with van der Waals surface area (Å²) in [6.45, 7) is 5.21. The molecule has 0 aliphatic carbocycles. The highest BCUT2D eigenvalue weighted by Crippen LogP contribution is 2.48. The summed E-state index contributed by atoms with van der Waals surface area (Å²) in [6, 6.07) is 4.15. The molecule has 0 bridgehead atoms. The Hall–Kier alpha value is -4.19. The first-order valence-corrected chi connectivity index (χ1v) is 12.3. The summed E-state index contributed by atoms with van der Waals surface area (Å²) < 4.78 is 48.3. The second-order valence-corrected chi connectivity index (χ2v) is 9.53. The number of nitrogens with one attached hydrogen (secondary N) is 1. The zero-order chi connectivity index (χ0) is 28.1. The number of nitrogens with zero attached hydrogens (tertiary/aromatic N) is 5. The zero-order valence-corrected chi connectivity index (χ0v) is 21.9. The van der Waals surface area contributed by atoms with Gasteiger partial charge in [0.1, 0.15) is 24.6 Å². The van der Waals surface area contributed by atoms with Crippen LogP contribution in [0.5, 0.6) is 5.75 Å². The fraction of sp³-hybridized carbons (Fsp3) is 0.269. The quantitative estimate of drug-likeness (QED) is 0.334. The molecule has 1 aromatic carbocycles. The number of alkyl halides is 3. The van der Waals surface area contributed by atoms with E-state index < -0.39 is 17.4 Å². The first-order valence-electron chi connectivity index (χ1n) is 11.9. The number of rotatable bonds is 4. The van der Waals surface area contributed by atoms with Crippen LogP contribution in [0, 0.1) is 6.92 Å². The van der Waals surface area contributed by atoms with Crippen molar-refractivity contribution in [3.05, 3.63) is 58.6 Å². The van der Waals surface area contributed by atoms with Crippen molar-refractivity contribution >= 4 is 45.7 Å². The second-order valence-electron chi connectivity index (χ2n) is 9.15. The van der Waals surface area contributed by atoms with Crippen molar-refractivity contribution in [2.75, 3.05) is 29.1 Å². The second kappa shape index (κ2) is 9.84. The number of hydrogen-bond acceptors (Lipinski definition) is 8. The van der Waals surface area contributed by atoms with Gasteiger partial charge in [-0.3, -0.25) is 9.78 Å². The monoisotopic (exact) mass is 557 g/mol. The van der Waals surface area contributed by atoms with Gasteiger partial charge in [0, 0.05) is 18.7 Å². The number of aromatic nitrogens is 4. The van der Waals surface area contributed by atoms with Crippen LogP contribution in [0.3, 0.4) is 0 Å². The fourth-order valence-electron chi connectivity index (χ4n) is 4.79. The summed E-state index contributed by atoms with van der Waals surface area (Å²) in [4.78, 5) is 30.6. The molecule has 0 saturated carbocycles. The minimum Gasteiger partial charge on any atom is -0.489 e. The zero-order valence-electron chi connectivity index (χ0n) is 21.1. The minimum atomic E-state index is -4.70. The van der Waals surface area contributed by atoms with Crippen LogP contribution in [0.1, 0.15) is 36.6 Å². The van der Waals surface area contributed by atoms with E-state index >= 15 is 0 Å². The van der Waals surface area contributed by atoms with E-state index in [1.165, 1.54) is 32.3 Å². The lowest BCUT2D eigenvalue weighted by Gasteiger charge is -2.29. The van der Waals surface area contributed by atoms with E-state index in [9.17, 15) is 18.0 Å². The number of pyridine rings is 2. The molecule has 9 nitrogen and oxygen atoms in total. The number of aryl methyl sites for hydroxylation is 1. The third kappa shape index (κ3) is 4.87. The lowest BCUT2D eigenvalue weighted by atomic mass is 9.99. The molecule has 5 rings (SSSR count). The van der Waals surface area contributed by atoms with Crippen LogP contribution < -0.4 is 20.7 Å². The first-order chi connectivity index (χ1) is 18.5. The highest BCUT2D eigenvalue weighted by atomic mass is 35.5. The lowest BCUT2D eigenvalue weighted by Crippen LogP contribution is -2.31. The Kier molecular flexibility index (Phi) is 6.67. The van der Waals surface area contributed by atoms with Gasteiger partial charge in [-0.2, -0.15) is 13.2 Å². The van der Waals surface area contributed by atoms with E-state index in [1.807, 2.05) is 17.9 Å². The van der Waals surface area contributed by atoms with Crippen molar-refractivity contribution in [2.45, 2.75) is 33.0 Å². The van der Waals surface area contributed by atoms with Crippen LogP contribution >= 0.6 is 11.6 Å². The summed E-state index contributed by atoms with van der Waals surface area (Å²) >= 11 is 6.74. The maximum atomic E-state index is 14.1. The van der Waals surface area contributed by atoms with Gasteiger partial charge in [0.15, 0.2) is 5.75 Å². The Labute approximate surface area is 226 Å². The maximum absolute atomic E-state index is 14.1. The van der Waals surface area contributed by atoms with Crippen LogP contribution in [0.25, 0.3) is 22.2 Å². The third-order valence-electron chi connectivity index (χ3n) is 6.46. The molecule has 0 fully saturated rings. The molecule has 202 valence electrons. The lowest BCUT2D eigenvalue weighted by molar-refractivity contribution is -0.137. The summed E-state index contributed by atoms with van der Waals surface area (Å²) in [6.07, 6.45) is -0.136. The topological polar surface area (TPSA) is 119 Å². The number of anilines is 3. The van der Waals surface area contributed by atoms with Crippen LogP contribution in [0.4, 0.5) is 30.5 Å². The van der Waals surface area contributed by atoms with Gasteiger partial charge in [-0.25, -0.2) is 15.0 Å². The summed E-state index contributed by atoms with van der Waals surface area (Å²) in [5.41, 5.74) is 6.09. The number of carbonyl (C=O) groups excluding carboxylic acids is 1. The number of hydrogen-bond donors (Lipinski definition) is 2. The Morgan fingerprint density at radius 2 is 2.00 bits per heavy atom. The minimum absolute atomic E-state index is 0.000230. The van der Waals surface area contributed by atoms with Gasteiger partial charge in [-0.05, 0) is 43.2 Å². The number of nitrogen functional groups attached to an aromatic ring is 1. The molecule has 39 heavy (non-hydrogen) atoms. The standard InChI is InChI=1S/C26H23ClF3N7O2/c1-12-6-19(31)36-23(21(12)26(28,29)30)17-8-18-20-24(22(17)27)39-5-4-37(25(20)34-11-33-18)13(2)15-7-16(10-32-9-15)35-14(3)38/h6-11,13H,4-5H2,1-3H3,(H2,31,36)(H,35,38)/t13-/m1/s1. The third-order valence-corrected chi connectivity index (χ3v) is 6.83.